The van der Waals surface area contributed by atoms with E-state index in [-0.39, 0.29) is 36.5 Å². The highest BCUT2D eigenvalue weighted by Crippen LogP contribution is 2.28. The number of piperidine rings is 1. The van der Waals surface area contributed by atoms with E-state index in [9.17, 15) is 23.2 Å². The van der Waals surface area contributed by atoms with Gasteiger partial charge in [-0.1, -0.05) is 6.07 Å². The van der Waals surface area contributed by atoms with Gasteiger partial charge in [-0.3, -0.25) is 19.1 Å². The highest BCUT2D eigenvalue weighted by atomic mass is 19.1. The van der Waals surface area contributed by atoms with Crippen LogP contribution in [0.5, 0.6) is 0 Å². The molecule has 10 heteroatoms. The molecule has 2 saturated heterocycles. The van der Waals surface area contributed by atoms with E-state index in [1.54, 1.807) is 16.6 Å². The van der Waals surface area contributed by atoms with Crippen molar-refractivity contribution in [2.24, 2.45) is 13.0 Å². The summed E-state index contributed by atoms with van der Waals surface area (Å²) in [7, 11) is 1.75. The molecule has 1 atom stereocenters. The molecule has 1 aromatic carbocycles. The number of carbonyl (C=O) groups is 3. The summed E-state index contributed by atoms with van der Waals surface area (Å²) in [5.41, 5.74) is 1.07. The molecule has 4 heterocycles. The number of nitrogens with zero attached hydrogens (tertiary/aromatic N) is 5. The van der Waals surface area contributed by atoms with Crippen molar-refractivity contribution in [3.63, 3.8) is 0 Å². The molecule has 0 N–H and O–H groups in total. The summed E-state index contributed by atoms with van der Waals surface area (Å²) >= 11 is 0. The average Bonchev–Trinajstić information content (AvgIpc) is 3.51. The standard InChI is InChI=1S/C25H29F2N5O3/c1-29-20-9-13-32(24(34)21-18(26)7-4-8-19(21)27)15-17(20)22(28-29)25(35)31-12-5-6-16(14-31)23(33)30-10-2-3-11-30/h4,7-8,16H,2-3,5-6,9-15H2,1H3. The molecular weight excluding hydrogens is 456 g/mol. The van der Waals surface area contributed by atoms with Crippen LogP contribution < -0.4 is 0 Å². The number of fused-ring (bicyclic) bond motifs is 1. The van der Waals surface area contributed by atoms with Crippen LogP contribution in [0.1, 0.15) is 57.8 Å². The maximum Gasteiger partial charge on any atom is 0.274 e. The van der Waals surface area contributed by atoms with Crippen LogP contribution in [0.4, 0.5) is 8.78 Å². The van der Waals surface area contributed by atoms with Gasteiger partial charge in [-0.15, -0.1) is 0 Å². The Morgan fingerprint density at radius 1 is 0.914 bits per heavy atom. The van der Waals surface area contributed by atoms with Gasteiger partial charge in [-0.25, -0.2) is 8.78 Å². The molecule has 0 radical (unpaired) electrons. The number of halogens is 2. The molecule has 186 valence electrons. The van der Waals surface area contributed by atoms with Crippen LogP contribution in [-0.4, -0.2) is 74.9 Å². The molecule has 0 spiro atoms. The number of aryl methyl sites for hydroxylation is 1. The molecular formula is C25H29F2N5O3. The maximum atomic E-state index is 14.2. The first-order valence-electron chi connectivity index (χ1n) is 12.2. The Morgan fingerprint density at radius 2 is 1.60 bits per heavy atom. The zero-order chi connectivity index (χ0) is 24.7. The SMILES string of the molecule is Cn1nc(C(=O)N2CCCC(C(=O)N3CCCC3)C2)c2c1CCN(C(=O)c1c(F)cccc1F)C2. The van der Waals surface area contributed by atoms with Crippen LogP contribution in [0.15, 0.2) is 18.2 Å². The van der Waals surface area contributed by atoms with Gasteiger partial charge >= 0.3 is 0 Å². The van der Waals surface area contributed by atoms with Gasteiger partial charge in [0.1, 0.15) is 17.2 Å². The highest BCUT2D eigenvalue weighted by Gasteiger charge is 2.36. The van der Waals surface area contributed by atoms with Gasteiger partial charge in [-0.2, -0.15) is 5.10 Å². The van der Waals surface area contributed by atoms with Crippen LogP contribution in [0.2, 0.25) is 0 Å². The van der Waals surface area contributed by atoms with Crippen LogP contribution in [0.3, 0.4) is 0 Å². The Balaban J connectivity index is 1.35. The van der Waals surface area contributed by atoms with Crippen molar-refractivity contribution >= 4 is 17.7 Å². The molecule has 8 nitrogen and oxygen atoms in total. The van der Waals surface area contributed by atoms with Gasteiger partial charge in [0.15, 0.2) is 5.69 Å². The topological polar surface area (TPSA) is 78.8 Å². The number of amides is 3. The number of aromatic nitrogens is 2. The lowest BCUT2D eigenvalue weighted by atomic mass is 9.95. The summed E-state index contributed by atoms with van der Waals surface area (Å²) < 4.78 is 30.1. The van der Waals surface area contributed by atoms with E-state index in [2.05, 4.69) is 5.10 Å². The van der Waals surface area contributed by atoms with Gasteiger partial charge in [-0.05, 0) is 37.8 Å². The number of carbonyl (C=O) groups excluding carboxylic acids is 3. The largest absolute Gasteiger partial charge is 0.342 e. The Bertz CT molecular complexity index is 1150. The number of hydrogen-bond acceptors (Lipinski definition) is 4. The maximum absolute atomic E-state index is 14.2. The summed E-state index contributed by atoms with van der Waals surface area (Å²) in [6, 6.07) is 3.33. The Kier molecular flexibility index (Phi) is 6.29. The second-order valence-electron chi connectivity index (χ2n) is 9.59. The smallest absolute Gasteiger partial charge is 0.274 e. The zero-order valence-corrected chi connectivity index (χ0v) is 19.8. The summed E-state index contributed by atoms with van der Waals surface area (Å²) in [4.78, 5) is 44.3. The third-order valence-electron chi connectivity index (χ3n) is 7.38. The molecule has 0 bridgehead atoms. The second-order valence-corrected chi connectivity index (χ2v) is 9.59. The third kappa shape index (κ3) is 4.30. The van der Waals surface area contributed by atoms with Crippen molar-refractivity contribution in [2.75, 3.05) is 32.7 Å². The van der Waals surface area contributed by atoms with Crippen molar-refractivity contribution in [3.8, 4) is 0 Å². The van der Waals surface area contributed by atoms with E-state index < -0.39 is 23.1 Å². The van der Waals surface area contributed by atoms with E-state index in [1.165, 1.54) is 11.0 Å². The minimum atomic E-state index is -0.912. The first-order chi connectivity index (χ1) is 16.8. The Labute approximate surface area is 202 Å². The van der Waals surface area contributed by atoms with Gasteiger partial charge in [0.25, 0.3) is 11.8 Å². The fourth-order valence-electron chi connectivity index (χ4n) is 5.51. The van der Waals surface area contributed by atoms with Gasteiger partial charge in [0.2, 0.25) is 5.91 Å². The fraction of sp³-hybridized carbons (Fsp3) is 0.520. The molecule has 3 aliphatic rings. The normalized spacial score (nSPS) is 20.2. The average molecular weight is 486 g/mol. The van der Waals surface area contributed by atoms with E-state index in [0.717, 1.165) is 56.6 Å². The van der Waals surface area contributed by atoms with Crippen LogP contribution in [0.25, 0.3) is 0 Å². The summed E-state index contributed by atoms with van der Waals surface area (Å²) in [5.74, 6) is -2.94. The lowest BCUT2D eigenvalue weighted by Gasteiger charge is -2.34. The predicted molar refractivity (Wildman–Crippen MR) is 122 cm³/mol. The predicted octanol–water partition coefficient (Wildman–Crippen LogP) is 2.37. The van der Waals surface area contributed by atoms with E-state index in [0.29, 0.717) is 25.1 Å². The number of benzene rings is 1. The molecule has 3 amide bonds. The zero-order valence-electron chi connectivity index (χ0n) is 19.8. The molecule has 2 aromatic rings. The van der Waals surface area contributed by atoms with E-state index in [1.807, 2.05) is 4.90 Å². The van der Waals surface area contributed by atoms with Crippen molar-refractivity contribution in [2.45, 2.75) is 38.6 Å². The summed E-state index contributed by atoms with van der Waals surface area (Å²) in [5, 5.41) is 4.46. The van der Waals surface area contributed by atoms with Crippen molar-refractivity contribution in [1.29, 1.82) is 0 Å². The second kappa shape index (κ2) is 9.39. The Hall–Kier alpha value is -3.30. The molecule has 1 aromatic heterocycles. The van der Waals surface area contributed by atoms with E-state index in [4.69, 9.17) is 0 Å². The third-order valence-corrected chi connectivity index (χ3v) is 7.38. The quantitative estimate of drug-likeness (QED) is 0.669. The molecule has 5 rings (SSSR count). The molecule has 1 unspecified atom stereocenters. The molecule has 2 fully saturated rings. The fourth-order valence-corrected chi connectivity index (χ4v) is 5.51. The first-order valence-corrected chi connectivity index (χ1v) is 12.2. The summed E-state index contributed by atoms with van der Waals surface area (Å²) in [6.45, 7) is 2.76. The minimum Gasteiger partial charge on any atom is -0.342 e. The molecule has 35 heavy (non-hydrogen) atoms. The monoisotopic (exact) mass is 485 g/mol. The lowest BCUT2D eigenvalue weighted by Crippen LogP contribution is -2.46. The van der Waals surface area contributed by atoms with Crippen molar-refractivity contribution in [3.05, 3.63) is 52.3 Å². The molecule has 0 saturated carbocycles. The van der Waals surface area contributed by atoms with Gasteiger partial charge < -0.3 is 14.7 Å². The van der Waals surface area contributed by atoms with Crippen LogP contribution >= 0.6 is 0 Å². The lowest BCUT2D eigenvalue weighted by molar-refractivity contribution is -0.135. The minimum absolute atomic E-state index is 0.0425. The molecule has 0 aliphatic carbocycles. The number of rotatable bonds is 3. The van der Waals surface area contributed by atoms with Crippen LogP contribution in [-0.2, 0) is 24.8 Å². The first kappa shape index (κ1) is 23.4. The van der Waals surface area contributed by atoms with Crippen molar-refractivity contribution < 1.29 is 23.2 Å². The molecule has 3 aliphatic heterocycles. The summed E-state index contributed by atoms with van der Waals surface area (Å²) in [6.07, 6.45) is 3.96. The van der Waals surface area contributed by atoms with Gasteiger partial charge in [0.05, 0.1) is 12.5 Å². The number of likely N-dealkylation sites (tertiary alicyclic amines) is 2. The highest BCUT2D eigenvalue weighted by molar-refractivity contribution is 5.97. The number of hydrogen-bond donors (Lipinski definition) is 0. The van der Waals surface area contributed by atoms with Crippen molar-refractivity contribution in [1.82, 2.24) is 24.5 Å². The van der Waals surface area contributed by atoms with E-state index >= 15 is 0 Å². The Morgan fingerprint density at radius 3 is 2.31 bits per heavy atom. The van der Waals surface area contributed by atoms with Gasteiger partial charge in [0, 0.05) is 57.4 Å². The van der Waals surface area contributed by atoms with Crippen LogP contribution in [0, 0.1) is 17.6 Å².